The van der Waals surface area contributed by atoms with Gasteiger partial charge in [-0.25, -0.2) is 0 Å². The van der Waals surface area contributed by atoms with Crippen LogP contribution < -0.4 is 0 Å². The maximum absolute atomic E-state index is 8.71. The molecule has 1 aliphatic heterocycles. The van der Waals surface area contributed by atoms with Crippen molar-refractivity contribution in [1.82, 2.24) is 4.98 Å². The maximum atomic E-state index is 8.71. The van der Waals surface area contributed by atoms with Crippen LogP contribution in [-0.4, -0.2) is 17.2 Å². The molecule has 2 heteroatoms. The Morgan fingerprint density at radius 2 is 2.25 bits per heavy atom. The molecule has 0 bridgehead atoms. The Bertz CT molecular complexity index is 388. The Kier molecular flexibility index (Phi) is 2.39. The Morgan fingerprint density at radius 3 is 3.00 bits per heavy atom. The van der Waals surface area contributed by atoms with Gasteiger partial charge in [0.15, 0.2) is 0 Å². The van der Waals surface area contributed by atoms with Crippen LogP contribution in [0.25, 0.3) is 0 Å². The van der Waals surface area contributed by atoms with Crippen LogP contribution in [0.3, 0.4) is 0 Å². The van der Waals surface area contributed by atoms with E-state index in [2.05, 4.69) is 4.98 Å². The number of hydrogen-bond acceptors (Lipinski definition) is 2. The lowest BCUT2D eigenvalue weighted by atomic mass is 9.83. The summed E-state index contributed by atoms with van der Waals surface area (Å²) in [5, 5.41) is 0. The molecule has 1 atom stereocenters. The summed E-state index contributed by atoms with van der Waals surface area (Å²) in [4.78, 5) is 4.39. The Balaban J connectivity index is 1.87. The minimum atomic E-state index is -0.538. The van der Waals surface area contributed by atoms with Crippen molar-refractivity contribution in [2.45, 2.75) is 50.0 Å². The fourth-order valence-electron chi connectivity index (χ4n) is 3.05. The van der Waals surface area contributed by atoms with Gasteiger partial charge >= 0.3 is 0 Å². The number of rotatable bonds is 1. The second kappa shape index (κ2) is 4.17. The fraction of sp³-hybridized carbons (Fsp3) is 0.643. The average Bonchev–Trinajstić information content (AvgIpc) is 2.78. The van der Waals surface area contributed by atoms with E-state index in [0.717, 1.165) is 31.4 Å². The van der Waals surface area contributed by atoms with Crippen molar-refractivity contribution in [2.24, 2.45) is 0 Å². The molecule has 0 N–H and O–H groups in total. The van der Waals surface area contributed by atoms with E-state index in [9.17, 15) is 0 Å². The lowest BCUT2D eigenvalue weighted by molar-refractivity contribution is -0.0809. The summed E-state index contributed by atoms with van der Waals surface area (Å²) < 4.78 is 14.7. The Morgan fingerprint density at radius 1 is 1.38 bits per heavy atom. The molecule has 1 aromatic rings. The van der Waals surface area contributed by atoms with Gasteiger partial charge in [-0.2, -0.15) is 0 Å². The number of ether oxygens (including phenoxy) is 1. The van der Waals surface area contributed by atoms with E-state index in [0.29, 0.717) is 6.61 Å². The van der Waals surface area contributed by atoms with E-state index in [1.165, 1.54) is 12.8 Å². The molecule has 86 valence electrons. The van der Waals surface area contributed by atoms with E-state index in [1.54, 1.807) is 6.20 Å². The molecular weight excluding hydrogens is 198 g/mol. The van der Waals surface area contributed by atoms with E-state index in [-0.39, 0.29) is 5.60 Å². The van der Waals surface area contributed by atoms with Crippen LogP contribution in [-0.2, 0) is 4.74 Å². The molecule has 2 heterocycles. The fourth-order valence-corrected chi connectivity index (χ4v) is 3.05. The summed E-state index contributed by atoms with van der Waals surface area (Å²) in [5.74, 6) is -0.538. The molecule has 1 unspecified atom stereocenters. The van der Waals surface area contributed by atoms with Crippen molar-refractivity contribution in [3.8, 4) is 0 Å². The van der Waals surface area contributed by atoms with Gasteiger partial charge in [-0.05, 0) is 37.8 Å². The number of aromatic nitrogens is 1. The summed E-state index contributed by atoms with van der Waals surface area (Å²) in [6.07, 6.45) is 8.13. The van der Waals surface area contributed by atoms with Crippen LogP contribution in [0, 0.1) is 0 Å². The number of hydrogen-bond donors (Lipinski definition) is 0. The zero-order valence-electron chi connectivity index (χ0n) is 10.6. The normalized spacial score (nSPS) is 33.9. The summed E-state index contributed by atoms with van der Waals surface area (Å²) >= 11 is 0. The molecule has 1 spiro atoms. The van der Waals surface area contributed by atoms with Gasteiger partial charge in [-0.1, -0.05) is 18.9 Å². The third-order valence-corrected chi connectivity index (χ3v) is 3.89. The summed E-state index contributed by atoms with van der Waals surface area (Å²) in [6, 6.07) is 5.88. The highest BCUT2D eigenvalue weighted by molar-refractivity contribution is 5.12. The first-order valence-corrected chi connectivity index (χ1v) is 6.28. The summed E-state index contributed by atoms with van der Waals surface area (Å²) in [7, 11) is 0. The van der Waals surface area contributed by atoms with Gasteiger partial charge in [-0.15, -0.1) is 0 Å². The second-order valence-corrected chi connectivity index (χ2v) is 4.98. The summed E-state index contributed by atoms with van der Waals surface area (Å²) in [5.41, 5.74) is 0.895. The number of pyridine rings is 1. The minimum absolute atomic E-state index is 0.0163. The molecule has 2 nitrogen and oxygen atoms in total. The smallest absolute Gasteiger partial charge is 0.0689 e. The Labute approximate surface area is 98.4 Å². The zero-order valence-corrected chi connectivity index (χ0v) is 9.61. The summed E-state index contributed by atoms with van der Waals surface area (Å²) in [6.45, 7) is 0.708. The molecule has 3 rings (SSSR count). The van der Waals surface area contributed by atoms with Crippen LogP contribution in [0.5, 0.6) is 0 Å². The quantitative estimate of drug-likeness (QED) is 0.721. The Hall–Kier alpha value is -0.890. The largest absolute Gasteiger partial charge is 0.375 e. The van der Waals surface area contributed by atoms with E-state index < -0.39 is 5.89 Å². The van der Waals surface area contributed by atoms with Crippen molar-refractivity contribution in [2.75, 3.05) is 6.61 Å². The van der Waals surface area contributed by atoms with Gasteiger partial charge < -0.3 is 4.74 Å². The SMILES string of the molecule is [2H]C1(c2ccccn2)CCOC2(CCCC2)C1. The first kappa shape index (κ1) is 9.17. The van der Waals surface area contributed by atoms with Crippen molar-refractivity contribution in [1.29, 1.82) is 0 Å². The van der Waals surface area contributed by atoms with Gasteiger partial charge in [0.2, 0.25) is 0 Å². The van der Waals surface area contributed by atoms with E-state index in [4.69, 9.17) is 6.11 Å². The molecule has 2 aliphatic rings. The van der Waals surface area contributed by atoms with Gasteiger partial charge in [0.25, 0.3) is 0 Å². The van der Waals surface area contributed by atoms with Crippen LogP contribution in [0.4, 0.5) is 0 Å². The average molecular weight is 218 g/mol. The van der Waals surface area contributed by atoms with Crippen LogP contribution in [0.1, 0.15) is 51.5 Å². The standard InChI is InChI=1S/C14H19NO/c1-4-9-15-13(5-1)12-6-10-16-14(11-12)7-2-3-8-14/h1,4-5,9,12H,2-3,6-8,10-11H2/i12D. The highest BCUT2D eigenvalue weighted by Crippen LogP contribution is 2.44. The zero-order chi connectivity index (χ0) is 11.8. The monoisotopic (exact) mass is 218 g/mol. The molecule has 0 aromatic carbocycles. The van der Waals surface area contributed by atoms with Gasteiger partial charge in [0, 0.05) is 25.8 Å². The second-order valence-electron chi connectivity index (χ2n) is 4.98. The molecule has 1 saturated heterocycles. The van der Waals surface area contributed by atoms with Crippen molar-refractivity contribution in [3.05, 3.63) is 30.1 Å². The van der Waals surface area contributed by atoms with Gasteiger partial charge in [0.05, 0.1) is 5.60 Å². The highest BCUT2D eigenvalue weighted by atomic mass is 16.5. The third-order valence-electron chi connectivity index (χ3n) is 3.89. The minimum Gasteiger partial charge on any atom is -0.375 e. The molecule has 1 aliphatic carbocycles. The lowest BCUT2D eigenvalue weighted by Crippen LogP contribution is -2.36. The molecule has 1 aromatic heterocycles. The molecule has 1 saturated carbocycles. The molecule has 16 heavy (non-hydrogen) atoms. The molecule has 2 fully saturated rings. The first-order chi connectivity index (χ1) is 8.23. The van der Waals surface area contributed by atoms with Crippen molar-refractivity contribution in [3.63, 3.8) is 0 Å². The van der Waals surface area contributed by atoms with Crippen LogP contribution in [0.15, 0.2) is 24.4 Å². The maximum Gasteiger partial charge on any atom is 0.0689 e. The highest BCUT2D eigenvalue weighted by Gasteiger charge is 2.40. The first-order valence-electron chi connectivity index (χ1n) is 6.78. The van der Waals surface area contributed by atoms with Crippen LogP contribution >= 0.6 is 0 Å². The van der Waals surface area contributed by atoms with E-state index >= 15 is 0 Å². The van der Waals surface area contributed by atoms with Crippen molar-refractivity contribution < 1.29 is 6.11 Å². The molecular formula is C14H19NO. The van der Waals surface area contributed by atoms with Gasteiger partial charge in [0.1, 0.15) is 0 Å². The van der Waals surface area contributed by atoms with Crippen molar-refractivity contribution >= 4 is 0 Å². The third kappa shape index (κ3) is 1.86. The molecule has 0 radical (unpaired) electrons. The predicted octanol–water partition coefficient (Wildman–Crippen LogP) is 3.29. The molecule has 0 amide bonds. The lowest BCUT2D eigenvalue weighted by Gasteiger charge is -2.38. The predicted molar refractivity (Wildman–Crippen MR) is 63.4 cm³/mol. The topological polar surface area (TPSA) is 22.1 Å². The van der Waals surface area contributed by atoms with E-state index in [1.807, 2.05) is 18.2 Å². The number of nitrogens with zero attached hydrogens (tertiary/aromatic N) is 1. The van der Waals surface area contributed by atoms with Crippen LogP contribution in [0.2, 0.25) is 0 Å². The van der Waals surface area contributed by atoms with Gasteiger partial charge in [-0.3, -0.25) is 4.98 Å².